The topological polar surface area (TPSA) is 69.6 Å². The van der Waals surface area contributed by atoms with Crippen molar-refractivity contribution < 1.29 is 0 Å². The number of nitrogens with two attached hydrogens (primary N) is 1. The Morgan fingerprint density at radius 2 is 1.93 bits per heavy atom. The summed E-state index contributed by atoms with van der Waals surface area (Å²) >= 11 is 0. The molecule has 2 N–H and O–H groups in total. The Bertz CT molecular complexity index is 974. The molecule has 5 rings (SSSR count). The molecule has 5 nitrogen and oxygen atoms in total. The minimum atomic E-state index is -0.0398. The molecule has 2 saturated carbocycles. The molecule has 0 unspecified atom stereocenters. The molecule has 2 aliphatic rings. The van der Waals surface area contributed by atoms with Crippen LogP contribution < -0.4 is 5.73 Å². The maximum Gasteiger partial charge on any atom is 0.161 e. The van der Waals surface area contributed by atoms with E-state index in [4.69, 9.17) is 15.8 Å². The molecule has 2 aliphatic carbocycles. The SMILES string of the molecule is Cc1ccnc(-n2nc(C3(c4ccccc4)CC3)nc2[C@@H]2CCC[C@H](N)C2)c1. The smallest absolute Gasteiger partial charge is 0.161 e. The van der Waals surface area contributed by atoms with Crippen LogP contribution in [0.4, 0.5) is 0 Å². The van der Waals surface area contributed by atoms with Crippen molar-refractivity contribution >= 4 is 0 Å². The van der Waals surface area contributed by atoms with E-state index < -0.39 is 0 Å². The van der Waals surface area contributed by atoms with Crippen molar-refractivity contribution in [1.29, 1.82) is 0 Å². The van der Waals surface area contributed by atoms with Gasteiger partial charge in [-0.15, -0.1) is 5.10 Å². The molecule has 2 fully saturated rings. The highest BCUT2D eigenvalue weighted by molar-refractivity contribution is 5.40. The van der Waals surface area contributed by atoms with Crippen LogP contribution in [-0.2, 0) is 5.41 Å². The van der Waals surface area contributed by atoms with E-state index in [9.17, 15) is 0 Å². The van der Waals surface area contributed by atoms with E-state index in [1.54, 1.807) is 0 Å². The van der Waals surface area contributed by atoms with Crippen LogP contribution in [0.2, 0.25) is 0 Å². The molecular formula is C23H27N5. The fraction of sp³-hybridized carbons (Fsp3) is 0.435. The normalized spacial score (nSPS) is 23.5. The standard InChI is InChI=1S/C23H27N5/c1-16-10-13-25-20(14-16)28-21(17-6-5-9-19(24)15-17)26-22(27-28)23(11-12-23)18-7-3-2-4-8-18/h2-4,7-8,10,13-14,17,19H,5-6,9,11-12,15,24H2,1H3/t17-,19+/m1/s1. The number of benzene rings is 1. The van der Waals surface area contributed by atoms with Crippen molar-refractivity contribution in [2.24, 2.45) is 5.73 Å². The Hall–Kier alpha value is -2.53. The number of hydrogen-bond donors (Lipinski definition) is 1. The average Bonchev–Trinajstić information content (AvgIpc) is 3.40. The summed E-state index contributed by atoms with van der Waals surface area (Å²) in [6.45, 7) is 2.09. The second kappa shape index (κ2) is 6.82. The van der Waals surface area contributed by atoms with Gasteiger partial charge in [-0.25, -0.2) is 9.97 Å². The first-order chi connectivity index (χ1) is 13.7. The Labute approximate surface area is 166 Å². The zero-order valence-electron chi connectivity index (χ0n) is 16.4. The van der Waals surface area contributed by atoms with Crippen molar-refractivity contribution in [1.82, 2.24) is 19.7 Å². The lowest BCUT2D eigenvalue weighted by Gasteiger charge is -2.25. The largest absolute Gasteiger partial charge is 0.328 e. The highest BCUT2D eigenvalue weighted by Gasteiger charge is 2.50. The predicted molar refractivity (Wildman–Crippen MR) is 110 cm³/mol. The zero-order chi connectivity index (χ0) is 19.1. The van der Waals surface area contributed by atoms with Crippen LogP contribution in [0.3, 0.4) is 0 Å². The number of nitrogens with zero attached hydrogens (tertiary/aromatic N) is 4. The summed E-state index contributed by atoms with van der Waals surface area (Å²) < 4.78 is 1.99. The first kappa shape index (κ1) is 17.6. The van der Waals surface area contributed by atoms with Gasteiger partial charge in [0.2, 0.25) is 0 Å². The summed E-state index contributed by atoms with van der Waals surface area (Å²) in [7, 11) is 0. The van der Waals surface area contributed by atoms with Crippen LogP contribution in [0.1, 0.15) is 67.2 Å². The summed E-state index contributed by atoms with van der Waals surface area (Å²) in [5.74, 6) is 3.18. The quantitative estimate of drug-likeness (QED) is 0.749. The van der Waals surface area contributed by atoms with Gasteiger partial charge in [-0.2, -0.15) is 4.68 Å². The van der Waals surface area contributed by atoms with Crippen molar-refractivity contribution in [3.05, 3.63) is 71.4 Å². The van der Waals surface area contributed by atoms with Gasteiger partial charge in [0.05, 0.1) is 5.41 Å². The molecule has 1 aromatic carbocycles. The third-order valence-electron chi connectivity index (χ3n) is 6.33. The van der Waals surface area contributed by atoms with Crippen LogP contribution >= 0.6 is 0 Å². The minimum absolute atomic E-state index is 0.0398. The number of pyridine rings is 1. The minimum Gasteiger partial charge on any atom is -0.328 e. The van der Waals surface area contributed by atoms with Crippen molar-refractivity contribution in [3.8, 4) is 5.82 Å². The van der Waals surface area contributed by atoms with Gasteiger partial charge in [0.1, 0.15) is 5.82 Å². The van der Waals surface area contributed by atoms with Crippen LogP contribution in [-0.4, -0.2) is 25.8 Å². The van der Waals surface area contributed by atoms with Crippen LogP contribution in [0.5, 0.6) is 0 Å². The molecule has 2 atom stereocenters. The fourth-order valence-electron chi connectivity index (χ4n) is 4.58. The van der Waals surface area contributed by atoms with E-state index >= 15 is 0 Å². The summed E-state index contributed by atoms with van der Waals surface area (Å²) in [4.78, 5) is 9.74. The lowest BCUT2D eigenvalue weighted by molar-refractivity contribution is 0.377. The lowest BCUT2D eigenvalue weighted by Crippen LogP contribution is -2.28. The molecule has 144 valence electrons. The third-order valence-corrected chi connectivity index (χ3v) is 6.33. The Morgan fingerprint density at radius 1 is 1.11 bits per heavy atom. The van der Waals surface area contributed by atoms with E-state index in [2.05, 4.69) is 48.3 Å². The molecule has 0 radical (unpaired) electrons. The Morgan fingerprint density at radius 3 is 2.64 bits per heavy atom. The number of aryl methyl sites for hydroxylation is 1. The van der Waals surface area contributed by atoms with Crippen molar-refractivity contribution in [3.63, 3.8) is 0 Å². The van der Waals surface area contributed by atoms with Gasteiger partial charge in [0.25, 0.3) is 0 Å². The number of rotatable bonds is 4. The first-order valence-corrected chi connectivity index (χ1v) is 10.4. The maximum absolute atomic E-state index is 6.30. The van der Waals surface area contributed by atoms with Gasteiger partial charge in [0, 0.05) is 18.2 Å². The van der Waals surface area contributed by atoms with E-state index in [-0.39, 0.29) is 11.5 Å². The molecule has 28 heavy (non-hydrogen) atoms. The summed E-state index contributed by atoms with van der Waals surface area (Å²) in [5.41, 5.74) is 8.75. The van der Waals surface area contributed by atoms with Crippen LogP contribution in [0.15, 0.2) is 48.7 Å². The van der Waals surface area contributed by atoms with Crippen LogP contribution in [0.25, 0.3) is 5.82 Å². The molecule has 0 bridgehead atoms. The highest BCUT2D eigenvalue weighted by Crippen LogP contribution is 2.52. The molecule has 0 spiro atoms. The lowest BCUT2D eigenvalue weighted by atomic mass is 9.85. The number of aromatic nitrogens is 4. The number of hydrogen-bond acceptors (Lipinski definition) is 4. The van der Waals surface area contributed by atoms with Crippen molar-refractivity contribution in [2.45, 2.75) is 62.8 Å². The van der Waals surface area contributed by atoms with E-state index in [0.29, 0.717) is 5.92 Å². The molecule has 5 heteroatoms. The Balaban J connectivity index is 1.61. The molecule has 0 saturated heterocycles. The molecule has 2 aromatic heterocycles. The second-order valence-electron chi connectivity index (χ2n) is 8.47. The van der Waals surface area contributed by atoms with Gasteiger partial charge >= 0.3 is 0 Å². The predicted octanol–water partition coefficient (Wildman–Crippen LogP) is 4.04. The van der Waals surface area contributed by atoms with Gasteiger partial charge < -0.3 is 5.73 Å². The maximum atomic E-state index is 6.30. The van der Waals surface area contributed by atoms with E-state index in [1.807, 2.05) is 16.9 Å². The summed E-state index contributed by atoms with van der Waals surface area (Å²) in [6.07, 6.45) is 8.41. The summed E-state index contributed by atoms with van der Waals surface area (Å²) in [6, 6.07) is 15.0. The van der Waals surface area contributed by atoms with Crippen molar-refractivity contribution in [2.75, 3.05) is 0 Å². The van der Waals surface area contributed by atoms with Gasteiger partial charge in [-0.3, -0.25) is 0 Å². The second-order valence-corrected chi connectivity index (χ2v) is 8.47. The summed E-state index contributed by atoms with van der Waals surface area (Å²) in [5, 5.41) is 5.03. The molecule has 2 heterocycles. The third kappa shape index (κ3) is 3.04. The Kier molecular flexibility index (Phi) is 4.27. The fourth-order valence-corrected chi connectivity index (χ4v) is 4.58. The zero-order valence-corrected chi connectivity index (χ0v) is 16.4. The molecule has 3 aromatic rings. The van der Waals surface area contributed by atoms with Gasteiger partial charge in [0.15, 0.2) is 11.6 Å². The van der Waals surface area contributed by atoms with Crippen LogP contribution in [0, 0.1) is 6.92 Å². The average molecular weight is 374 g/mol. The van der Waals surface area contributed by atoms with Gasteiger partial charge in [-0.05, 0) is 62.3 Å². The van der Waals surface area contributed by atoms with E-state index in [1.165, 1.54) is 11.1 Å². The first-order valence-electron chi connectivity index (χ1n) is 10.4. The molecule has 0 amide bonds. The van der Waals surface area contributed by atoms with Gasteiger partial charge in [-0.1, -0.05) is 36.8 Å². The van der Waals surface area contributed by atoms with E-state index in [0.717, 1.165) is 56.0 Å². The highest BCUT2D eigenvalue weighted by atomic mass is 15.4. The molecule has 0 aliphatic heterocycles. The monoisotopic (exact) mass is 373 g/mol. The molecular weight excluding hydrogens is 346 g/mol.